The number of para-hydroxylation sites is 1. The number of rotatable bonds is 7. The molecule has 2 aromatic rings. The lowest BCUT2D eigenvalue weighted by atomic mass is 9.94. The van der Waals surface area contributed by atoms with Gasteiger partial charge >= 0.3 is 5.97 Å². The van der Waals surface area contributed by atoms with Gasteiger partial charge in [-0.05, 0) is 36.8 Å². The van der Waals surface area contributed by atoms with E-state index >= 15 is 0 Å². The molecule has 0 aromatic heterocycles. The zero-order chi connectivity index (χ0) is 22.7. The molecule has 1 fully saturated rings. The molecule has 0 spiro atoms. The van der Waals surface area contributed by atoms with Crippen molar-refractivity contribution >= 4 is 40.7 Å². The quantitative estimate of drug-likeness (QED) is 0.219. The van der Waals surface area contributed by atoms with E-state index in [-0.39, 0.29) is 41.8 Å². The van der Waals surface area contributed by atoms with Gasteiger partial charge in [-0.1, -0.05) is 23.7 Å². The summed E-state index contributed by atoms with van der Waals surface area (Å²) in [5.74, 6) is -3.56. The number of carbonyl (C=O) groups excluding carboxylic acids is 2. The standard InChI is InChI=1S/C21H17ClN2O7/c22-13-9-7-12(8-10-13)19(27)17-18(14-4-1-2-5-15(14)24(30)31)23(21(29)20(17)28)11-3-6-16(25)26/h1-2,4-5,7-10,18,27H,3,6,11H2,(H,25,26)/b19-17+/t18-/m0/s1. The number of benzene rings is 2. The highest BCUT2D eigenvalue weighted by atomic mass is 35.5. The van der Waals surface area contributed by atoms with Gasteiger partial charge in [-0.25, -0.2) is 0 Å². The summed E-state index contributed by atoms with van der Waals surface area (Å²) in [6.07, 6.45) is -0.232. The number of likely N-dealkylation sites (tertiary alicyclic amines) is 1. The molecular weight excluding hydrogens is 428 g/mol. The van der Waals surface area contributed by atoms with Crippen LogP contribution in [0.4, 0.5) is 5.69 Å². The summed E-state index contributed by atoms with van der Waals surface area (Å²) < 4.78 is 0. The molecule has 3 rings (SSSR count). The van der Waals surface area contributed by atoms with Crippen LogP contribution in [0.3, 0.4) is 0 Å². The SMILES string of the molecule is O=C(O)CCCN1C(=O)C(=O)/C(=C(/O)c2ccc(Cl)cc2)[C@@H]1c1ccccc1[N+](=O)[O-]. The first-order valence-corrected chi connectivity index (χ1v) is 9.59. The third kappa shape index (κ3) is 4.41. The van der Waals surface area contributed by atoms with Crippen LogP contribution in [0.5, 0.6) is 0 Å². The fourth-order valence-corrected chi connectivity index (χ4v) is 3.61. The zero-order valence-corrected chi connectivity index (χ0v) is 16.8. The van der Waals surface area contributed by atoms with Gasteiger partial charge in [0.15, 0.2) is 0 Å². The highest BCUT2D eigenvalue weighted by Crippen LogP contribution is 2.42. The lowest BCUT2D eigenvalue weighted by Gasteiger charge is -2.25. The molecule has 0 saturated carbocycles. The Kier molecular flexibility index (Phi) is 6.36. The molecular formula is C21H17ClN2O7. The van der Waals surface area contributed by atoms with E-state index in [2.05, 4.69) is 0 Å². The van der Waals surface area contributed by atoms with Crippen LogP contribution in [-0.4, -0.2) is 44.2 Å². The van der Waals surface area contributed by atoms with Crippen molar-refractivity contribution in [2.75, 3.05) is 6.54 Å². The monoisotopic (exact) mass is 444 g/mol. The summed E-state index contributed by atoms with van der Waals surface area (Å²) >= 11 is 5.86. The summed E-state index contributed by atoms with van der Waals surface area (Å²) in [4.78, 5) is 48.5. The van der Waals surface area contributed by atoms with Gasteiger partial charge in [0.05, 0.1) is 22.1 Å². The number of nitro benzene ring substituents is 1. The number of hydrogen-bond donors (Lipinski definition) is 2. The number of aliphatic carboxylic acids is 1. The van der Waals surface area contributed by atoms with E-state index in [9.17, 15) is 29.6 Å². The Morgan fingerprint density at radius 3 is 2.35 bits per heavy atom. The molecule has 10 heteroatoms. The predicted molar refractivity (Wildman–Crippen MR) is 110 cm³/mol. The summed E-state index contributed by atoms with van der Waals surface area (Å²) in [6.45, 7) is -0.134. The third-order valence-corrected chi connectivity index (χ3v) is 5.13. The van der Waals surface area contributed by atoms with Crippen molar-refractivity contribution in [2.24, 2.45) is 0 Å². The van der Waals surface area contributed by atoms with Gasteiger partial charge in [-0.3, -0.25) is 24.5 Å². The number of nitro groups is 1. The minimum Gasteiger partial charge on any atom is -0.507 e. The van der Waals surface area contributed by atoms with Crippen molar-refractivity contribution in [1.82, 2.24) is 4.90 Å². The molecule has 0 unspecified atom stereocenters. The number of nitrogens with zero attached hydrogens (tertiary/aromatic N) is 2. The number of amides is 1. The summed E-state index contributed by atoms with van der Waals surface area (Å²) in [5.41, 5.74) is -0.398. The van der Waals surface area contributed by atoms with E-state index in [1.807, 2.05) is 0 Å². The van der Waals surface area contributed by atoms with Crippen molar-refractivity contribution in [3.8, 4) is 0 Å². The number of hydrogen-bond acceptors (Lipinski definition) is 6. The van der Waals surface area contributed by atoms with E-state index in [1.165, 1.54) is 48.5 Å². The number of carbonyl (C=O) groups is 3. The van der Waals surface area contributed by atoms with Crippen molar-refractivity contribution in [3.63, 3.8) is 0 Å². The smallest absolute Gasteiger partial charge is 0.303 e. The average molecular weight is 445 g/mol. The first kappa shape index (κ1) is 22.0. The molecule has 0 bridgehead atoms. The van der Waals surface area contributed by atoms with E-state index in [0.717, 1.165) is 4.90 Å². The molecule has 2 aromatic carbocycles. The molecule has 1 heterocycles. The molecule has 1 aliphatic heterocycles. The Labute approximate surface area is 181 Å². The molecule has 0 radical (unpaired) electrons. The first-order chi connectivity index (χ1) is 14.7. The lowest BCUT2D eigenvalue weighted by Crippen LogP contribution is -2.31. The van der Waals surface area contributed by atoms with Gasteiger partial charge in [0, 0.05) is 29.6 Å². The topological polar surface area (TPSA) is 138 Å². The summed E-state index contributed by atoms with van der Waals surface area (Å²) in [6, 6.07) is 10.2. The van der Waals surface area contributed by atoms with E-state index in [4.69, 9.17) is 16.7 Å². The maximum absolute atomic E-state index is 12.8. The van der Waals surface area contributed by atoms with Gasteiger partial charge in [-0.15, -0.1) is 0 Å². The van der Waals surface area contributed by atoms with Crippen molar-refractivity contribution in [3.05, 3.63) is 80.4 Å². The highest BCUT2D eigenvalue weighted by molar-refractivity contribution is 6.46. The number of aliphatic hydroxyl groups excluding tert-OH is 1. The minimum absolute atomic E-state index is 0.0282. The zero-order valence-electron chi connectivity index (χ0n) is 16.0. The van der Waals surface area contributed by atoms with Gasteiger partial charge in [-0.2, -0.15) is 0 Å². The Morgan fingerprint density at radius 1 is 1.10 bits per heavy atom. The third-order valence-electron chi connectivity index (χ3n) is 4.88. The van der Waals surface area contributed by atoms with Gasteiger partial charge in [0.2, 0.25) is 0 Å². The largest absolute Gasteiger partial charge is 0.507 e. The first-order valence-electron chi connectivity index (χ1n) is 9.21. The van der Waals surface area contributed by atoms with Crippen LogP contribution in [0.2, 0.25) is 5.02 Å². The normalized spacial score (nSPS) is 17.7. The van der Waals surface area contributed by atoms with Crippen LogP contribution < -0.4 is 0 Å². The summed E-state index contributed by atoms with van der Waals surface area (Å²) in [7, 11) is 0. The summed E-state index contributed by atoms with van der Waals surface area (Å²) in [5, 5.41) is 31.7. The van der Waals surface area contributed by atoms with Crippen molar-refractivity contribution < 1.29 is 29.5 Å². The Bertz CT molecular complexity index is 1100. The highest BCUT2D eigenvalue weighted by Gasteiger charge is 2.47. The van der Waals surface area contributed by atoms with Crippen molar-refractivity contribution in [1.29, 1.82) is 0 Å². The molecule has 160 valence electrons. The second-order valence-corrected chi connectivity index (χ2v) is 7.25. The molecule has 9 nitrogen and oxygen atoms in total. The van der Waals surface area contributed by atoms with Crippen LogP contribution in [-0.2, 0) is 14.4 Å². The fourth-order valence-electron chi connectivity index (χ4n) is 3.48. The van der Waals surface area contributed by atoms with Gasteiger partial charge in [0.1, 0.15) is 5.76 Å². The fraction of sp³-hybridized carbons (Fsp3) is 0.190. The number of carboxylic acid groups (broad SMARTS) is 1. The minimum atomic E-state index is -1.24. The number of aliphatic hydroxyl groups is 1. The second kappa shape index (κ2) is 8.97. The van der Waals surface area contributed by atoms with E-state index in [1.54, 1.807) is 0 Å². The van der Waals surface area contributed by atoms with Crippen molar-refractivity contribution in [2.45, 2.75) is 18.9 Å². The van der Waals surface area contributed by atoms with Crippen LogP contribution in [0, 0.1) is 10.1 Å². The van der Waals surface area contributed by atoms with Gasteiger partial charge in [0.25, 0.3) is 17.4 Å². The lowest BCUT2D eigenvalue weighted by molar-refractivity contribution is -0.385. The molecule has 31 heavy (non-hydrogen) atoms. The van der Waals surface area contributed by atoms with Crippen LogP contribution >= 0.6 is 11.6 Å². The number of halogens is 1. The molecule has 1 aliphatic rings. The Hall–Kier alpha value is -3.72. The molecule has 1 atom stereocenters. The second-order valence-electron chi connectivity index (χ2n) is 6.81. The van der Waals surface area contributed by atoms with Crippen LogP contribution in [0.1, 0.15) is 30.0 Å². The molecule has 2 N–H and O–H groups in total. The number of ketones is 1. The van der Waals surface area contributed by atoms with E-state index in [0.29, 0.717) is 5.02 Å². The molecule has 1 saturated heterocycles. The maximum Gasteiger partial charge on any atom is 0.303 e. The Balaban J connectivity index is 2.18. The number of carboxylic acids is 1. The Morgan fingerprint density at radius 2 is 1.74 bits per heavy atom. The van der Waals surface area contributed by atoms with Crippen LogP contribution in [0.25, 0.3) is 5.76 Å². The predicted octanol–water partition coefficient (Wildman–Crippen LogP) is 3.53. The van der Waals surface area contributed by atoms with Crippen LogP contribution in [0.15, 0.2) is 54.1 Å². The molecule has 0 aliphatic carbocycles. The number of Topliss-reactive ketones (excluding diaryl/α,β-unsaturated/α-hetero) is 1. The van der Waals surface area contributed by atoms with Gasteiger partial charge < -0.3 is 15.1 Å². The average Bonchev–Trinajstić information content (AvgIpc) is 2.98. The van der Waals surface area contributed by atoms with E-state index < -0.39 is 34.4 Å². The molecule has 1 amide bonds. The maximum atomic E-state index is 12.8.